The maximum atomic E-state index is 5.74. The molecule has 0 radical (unpaired) electrons. The fourth-order valence-corrected chi connectivity index (χ4v) is 2.24. The highest BCUT2D eigenvalue weighted by molar-refractivity contribution is 14.1. The van der Waals surface area contributed by atoms with Gasteiger partial charge in [0.05, 0.1) is 0 Å². The zero-order chi connectivity index (χ0) is 10.7. The molecule has 1 heterocycles. The van der Waals surface area contributed by atoms with E-state index in [0.717, 1.165) is 22.4 Å². The summed E-state index contributed by atoms with van der Waals surface area (Å²) in [6, 6.07) is 8.35. The van der Waals surface area contributed by atoms with Crippen molar-refractivity contribution in [1.29, 1.82) is 0 Å². The number of hydrogen-bond acceptors (Lipinski definition) is 1. The summed E-state index contributed by atoms with van der Waals surface area (Å²) >= 11 is 2.23. The van der Waals surface area contributed by atoms with Crippen LogP contribution in [0.4, 0.5) is 0 Å². The quantitative estimate of drug-likeness (QED) is 0.726. The van der Waals surface area contributed by atoms with Crippen molar-refractivity contribution in [3.63, 3.8) is 0 Å². The molecule has 1 aromatic carbocycles. The number of fused-ring (bicyclic) bond motifs is 1. The first kappa shape index (κ1) is 10.7. The molecule has 1 nitrogen and oxygen atoms in total. The molecule has 0 spiro atoms. The highest BCUT2D eigenvalue weighted by Crippen LogP contribution is 2.28. The van der Waals surface area contributed by atoms with Crippen LogP contribution in [0.3, 0.4) is 0 Å². The predicted molar refractivity (Wildman–Crippen MR) is 72.4 cm³/mol. The summed E-state index contributed by atoms with van der Waals surface area (Å²) in [6.07, 6.45) is 6.32. The Labute approximate surface area is 104 Å². The van der Waals surface area contributed by atoms with Crippen LogP contribution < -0.4 is 0 Å². The normalized spacial score (nSPS) is 14.5. The Bertz CT molecular complexity index is 418. The summed E-state index contributed by atoms with van der Waals surface area (Å²) in [5, 5.41) is 0. The molecule has 0 fully saturated rings. The number of hydrogen-bond donors (Lipinski definition) is 0. The van der Waals surface area contributed by atoms with Gasteiger partial charge in [0, 0.05) is 6.42 Å². The van der Waals surface area contributed by atoms with E-state index in [9.17, 15) is 0 Å². The first-order valence-electron chi connectivity index (χ1n) is 5.14. The van der Waals surface area contributed by atoms with Crippen molar-refractivity contribution >= 4 is 34.7 Å². The minimum Gasteiger partial charge on any atom is -0.455 e. The summed E-state index contributed by atoms with van der Waals surface area (Å²) in [6.45, 7) is 2.16. The topological polar surface area (TPSA) is 9.23 Å². The van der Waals surface area contributed by atoms with Gasteiger partial charge in [0.25, 0.3) is 0 Å². The first-order chi connectivity index (χ1) is 7.29. The van der Waals surface area contributed by atoms with Gasteiger partial charge < -0.3 is 4.74 Å². The van der Waals surface area contributed by atoms with E-state index in [2.05, 4.69) is 65.9 Å². The summed E-state index contributed by atoms with van der Waals surface area (Å²) in [5.74, 6) is 1.06. The highest BCUT2D eigenvalue weighted by Gasteiger charge is 2.08. The molecule has 1 aromatic rings. The second kappa shape index (κ2) is 4.84. The molecule has 78 valence electrons. The van der Waals surface area contributed by atoms with Gasteiger partial charge in [-0.15, -0.1) is 0 Å². The van der Waals surface area contributed by atoms with Crippen molar-refractivity contribution in [2.24, 2.45) is 0 Å². The zero-order valence-electron chi connectivity index (χ0n) is 8.66. The standard InChI is InChI=1S/C13H13IO/c1-2-5-12-8-10-6-3-4-7-11(10)9-13(14)15-12/h3-4,6-9H,2,5H2,1H3. The van der Waals surface area contributed by atoms with Crippen LogP contribution in [-0.4, -0.2) is 0 Å². The molecule has 0 N–H and O–H groups in total. The molecule has 0 saturated carbocycles. The van der Waals surface area contributed by atoms with Crippen molar-refractivity contribution in [2.75, 3.05) is 0 Å². The smallest absolute Gasteiger partial charge is 0.164 e. The van der Waals surface area contributed by atoms with Gasteiger partial charge in [-0.05, 0) is 52.3 Å². The summed E-state index contributed by atoms with van der Waals surface area (Å²) < 4.78 is 6.68. The molecule has 0 unspecified atom stereocenters. The lowest BCUT2D eigenvalue weighted by molar-refractivity contribution is 0.335. The Morgan fingerprint density at radius 1 is 1.13 bits per heavy atom. The van der Waals surface area contributed by atoms with Gasteiger partial charge in [-0.2, -0.15) is 0 Å². The van der Waals surface area contributed by atoms with E-state index in [0.29, 0.717) is 0 Å². The van der Waals surface area contributed by atoms with Crippen LogP contribution in [0.5, 0.6) is 0 Å². The maximum Gasteiger partial charge on any atom is 0.164 e. The van der Waals surface area contributed by atoms with Gasteiger partial charge in [0.2, 0.25) is 0 Å². The lowest BCUT2D eigenvalue weighted by Gasteiger charge is -2.05. The van der Waals surface area contributed by atoms with Crippen molar-refractivity contribution in [2.45, 2.75) is 19.8 Å². The van der Waals surface area contributed by atoms with Crippen molar-refractivity contribution < 1.29 is 4.74 Å². The van der Waals surface area contributed by atoms with Crippen LogP contribution in [0.2, 0.25) is 0 Å². The number of ether oxygens (including phenoxy) is 1. The monoisotopic (exact) mass is 312 g/mol. The van der Waals surface area contributed by atoms with E-state index in [4.69, 9.17) is 4.74 Å². The van der Waals surface area contributed by atoms with Crippen molar-refractivity contribution in [1.82, 2.24) is 0 Å². The molecule has 15 heavy (non-hydrogen) atoms. The van der Waals surface area contributed by atoms with Crippen LogP contribution >= 0.6 is 22.6 Å². The second-order valence-electron chi connectivity index (χ2n) is 3.54. The molecule has 0 bridgehead atoms. The third kappa shape index (κ3) is 2.62. The van der Waals surface area contributed by atoms with Crippen molar-refractivity contribution in [3.8, 4) is 0 Å². The van der Waals surface area contributed by atoms with E-state index < -0.39 is 0 Å². The highest BCUT2D eigenvalue weighted by atomic mass is 127. The SMILES string of the molecule is CCCC1=Cc2ccccc2C=C(I)O1. The van der Waals surface area contributed by atoms with Crippen LogP contribution in [0.1, 0.15) is 30.9 Å². The van der Waals surface area contributed by atoms with E-state index >= 15 is 0 Å². The molecule has 0 atom stereocenters. The van der Waals surface area contributed by atoms with Gasteiger partial charge in [-0.3, -0.25) is 0 Å². The van der Waals surface area contributed by atoms with Gasteiger partial charge in [-0.25, -0.2) is 0 Å². The fraction of sp³-hybridized carbons (Fsp3) is 0.231. The third-order valence-corrected chi connectivity index (χ3v) is 2.84. The molecule has 0 aliphatic carbocycles. The Morgan fingerprint density at radius 3 is 2.47 bits per heavy atom. The zero-order valence-corrected chi connectivity index (χ0v) is 10.8. The average molecular weight is 312 g/mol. The second-order valence-corrected chi connectivity index (χ2v) is 4.60. The van der Waals surface area contributed by atoms with E-state index in [1.54, 1.807) is 0 Å². The summed E-state index contributed by atoms with van der Waals surface area (Å²) in [4.78, 5) is 0. The molecule has 1 aliphatic heterocycles. The van der Waals surface area contributed by atoms with Crippen LogP contribution in [0.25, 0.3) is 12.2 Å². The predicted octanol–water partition coefficient (Wildman–Crippen LogP) is 4.59. The minimum atomic E-state index is 0.942. The minimum absolute atomic E-state index is 0.942. The van der Waals surface area contributed by atoms with Gasteiger partial charge in [0.15, 0.2) is 3.77 Å². The molecule has 2 rings (SSSR count). The van der Waals surface area contributed by atoms with E-state index in [-0.39, 0.29) is 0 Å². The molecular formula is C13H13IO. The molecule has 2 heteroatoms. The molecule has 0 amide bonds. The fourth-order valence-electron chi connectivity index (χ4n) is 1.62. The van der Waals surface area contributed by atoms with E-state index in [1.165, 1.54) is 11.1 Å². The molecule has 0 aromatic heterocycles. The molecular weight excluding hydrogens is 299 g/mol. The van der Waals surface area contributed by atoms with Crippen molar-refractivity contribution in [3.05, 3.63) is 44.9 Å². The summed E-state index contributed by atoms with van der Waals surface area (Å²) in [7, 11) is 0. The lowest BCUT2D eigenvalue weighted by Crippen LogP contribution is -1.86. The lowest BCUT2D eigenvalue weighted by atomic mass is 10.1. The average Bonchev–Trinajstić information content (AvgIpc) is 2.35. The van der Waals surface area contributed by atoms with Crippen LogP contribution in [0, 0.1) is 0 Å². The Morgan fingerprint density at radius 2 is 1.80 bits per heavy atom. The third-order valence-electron chi connectivity index (χ3n) is 2.31. The summed E-state index contributed by atoms with van der Waals surface area (Å²) in [5.41, 5.74) is 2.47. The Kier molecular flexibility index (Phi) is 3.46. The largest absolute Gasteiger partial charge is 0.455 e. The Balaban J connectivity index is 2.43. The molecule has 1 aliphatic rings. The van der Waals surface area contributed by atoms with Crippen LogP contribution in [-0.2, 0) is 4.74 Å². The number of benzene rings is 1. The molecule has 0 saturated heterocycles. The maximum absolute atomic E-state index is 5.74. The number of rotatable bonds is 2. The van der Waals surface area contributed by atoms with Gasteiger partial charge in [-0.1, -0.05) is 31.2 Å². The van der Waals surface area contributed by atoms with Crippen LogP contribution in [0.15, 0.2) is 33.8 Å². The number of halogens is 1. The number of allylic oxidation sites excluding steroid dienone is 1. The van der Waals surface area contributed by atoms with Gasteiger partial charge >= 0.3 is 0 Å². The first-order valence-corrected chi connectivity index (χ1v) is 6.22. The van der Waals surface area contributed by atoms with E-state index in [1.807, 2.05) is 0 Å². The Hall–Kier alpha value is -0.770. The van der Waals surface area contributed by atoms with Gasteiger partial charge in [0.1, 0.15) is 5.76 Å².